The van der Waals surface area contributed by atoms with Gasteiger partial charge in [-0.3, -0.25) is 4.90 Å². The number of benzene rings is 2. The number of hydrogen-bond donors (Lipinski definition) is 8. The number of aliphatic hydroxyl groups excluding tert-OH is 4. The summed E-state index contributed by atoms with van der Waals surface area (Å²) in [6.07, 6.45) is -4.24. The fourth-order valence-corrected chi connectivity index (χ4v) is 4.22. The number of likely N-dealkylation sites (tertiary alicyclic amines) is 1. The monoisotopic (exact) mass is 573 g/mol. The second-order valence-corrected chi connectivity index (χ2v) is 9.00. The van der Waals surface area contributed by atoms with Gasteiger partial charge in [-0.05, 0) is 49.6 Å². The van der Waals surface area contributed by atoms with Gasteiger partial charge in [-0.2, -0.15) is 0 Å². The van der Waals surface area contributed by atoms with Gasteiger partial charge in [0.15, 0.2) is 12.2 Å². The number of carboxylic acids is 2. The third-order valence-electron chi connectivity index (χ3n) is 6.37. The van der Waals surface area contributed by atoms with Gasteiger partial charge in [-0.15, -0.1) is 0 Å². The number of ether oxygens (including phenoxy) is 1. The lowest BCUT2D eigenvalue weighted by molar-refractivity contribution is -0.165. The molecule has 4 atom stereocenters. The van der Waals surface area contributed by atoms with Gasteiger partial charge in [0.25, 0.3) is 0 Å². The normalized spacial score (nSPS) is 20.9. The first-order valence-electron chi connectivity index (χ1n) is 12.1. The van der Waals surface area contributed by atoms with Gasteiger partial charge in [0.1, 0.15) is 30.0 Å². The predicted molar refractivity (Wildman–Crippen MR) is 137 cm³/mol. The van der Waals surface area contributed by atoms with Crippen LogP contribution >= 0.6 is 0 Å². The van der Waals surface area contributed by atoms with Gasteiger partial charge < -0.3 is 51.1 Å². The van der Waals surface area contributed by atoms with E-state index in [1.54, 1.807) is 25.1 Å². The molecule has 0 spiro atoms. The molecule has 1 fully saturated rings. The smallest absolute Gasteiger partial charge is 0.335 e. The second kappa shape index (κ2) is 15.4. The molecule has 2 heterocycles. The molecule has 10 N–H and O–H groups in total. The molecule has 1 saturated heterocycles. The van der Waals surface area contributed by atoms with E-state index in [9.17, 15) is 29.3 Å². The Morgan fingerprint density at radius 2 is 1.55 bits per heavy atom. The van der Waals surface area contributed by atoms with Crippen LogP contribution in [0, 0.1) is 5.82 Å². The number of phenolic OH excluding ortho intramolecular Hbond substituents is 1. The van der Waals surface area contributed by atoms with E-state index in [0.29, 0.717) is 43.9 Å². The highest BCUT2D eigenvalue weighted by atomic mass is 19.1. The van der Waals surface area contributed by atoms with Crippen LogP contribution in [0.1, 0.15) is 37.0 Å². The lowest BCUT2D eigenvalue weighted by atomic mass is 9.83. The molecule has 0 radical (unpaired) electrons. The maximum atomic E-state index is 13.1. The summed E-state index contributed by atoms with van der Waals surface area (Å²) >= 11 is 0. The van der Waals surface area contributed by atoms with Crippen molar-refractivity contribution in [1.29, 1.82) is 0 Å². The summed E-state index contributed by atoms with van der Waals surface area (Å²) in [7, 11) is 0. The van der Waals surface area contributed by atoms with E-state index >= 15 is 0 Å². The van der Waals surface area contributed by atoms with Crippen LogP contribution in [0.3, 0.4) is 0 Å². The molecule has 0 aliphatic carbocycles. The van der Waals surface area contributed by atoms with Crippen LogP contribution in [0.15, 0.2) is 42.5 Å². The number of hydrogen-bond acceptors (Lipinski definition) is 10. The average molecular weight is 574 g/mol. The van der Waals surface area contributed by atoms with Crippen molar-refractivity contribution >= 4 is 11.9 Å². The predicted octanol–water partition coefficient (Wildman–Crippen LogP) is -0.639. The van der Waals surface area contributed by atoms with E-state index in [1.807, 2.05) is 0 Å². The van der Waals surface area contributed by atoms with Gasteiger partial charge in [-0.25, -0.2) is 14.0 Å². The van der Waals surface area contributed by atoms with Gasteiger partial charge in [0, 0.05) is 31.3 Å². The van der Waals surface area contributed by atoms with Crippen LogP contribution in [0.5, 0.6) is 11.5 Å². The molecule has 4 rings (SSSR count). The van der Waals surface area contributed by atoms with Crippen LogP contribution in [-0.4, -0.2) is 108 Å². The summed E-state index contributed by atoms with van der Waals surface area (Å²) < 4.78 is 18.9. The molecule has 2 aromatic rings. The number of aromatic hydroxyl groups is 1. The van der Waals surface area contributed by atoms with E-state index in [-0.39, 0.29) is 29.7 Å². The first-order chi connectivity index (χ1) is 18.3. The molecule has 224 valence electrons. The number of nitrogens with zero attached hydrogens (tertiary/aromatic N) is 1. The lowest BCUT2D eigenvalue weighted by Gasteiger charge is -2.44. The maximum absolute atomic E-state index is 13.1. The zero-order valence-corrected chi connectivity index (χ0v) is 21.7. The molecule has 0 saturated carbocycles. The molecule has 2 aliphatic rings. The second-order valence-electron chi connectivity index (χ2n) is 9.00. The average Bonchev–Trinajstić information content (AvgIpc) is 2.89. The Morgan fingerprint density at radius 1 is 1.05 bits per heavy atom. The molecule has 2 aromatic carbocycles. The minimum Gasteiger partial charge on any atom is -0.508 e. The summed E-state index contributed by atoms with van der Waals surface area (Å²) in [6.45, 7) is 3.46. The van der Waals surface area contributed by atoms with Crippen molar-refractivity contribution in [2.75, 3.05) is 26.3 Å². The Balaban J connectivity index is 0.000000485. The molecule has 14 heteroatoms. The number of halogens is 1. The fraction of sp³-hybridized carbons (Fsp3) is 0.462. The Hall–Kier alpha value is -3.37. The summed E-state index contributed by atoms with van der Waals surface area (Å²) in [5, 5.41) is 71.3. The van der Waals surface area contributed by atoms with Gasteiger partial charge in [0.05, 0.1) is 11.6 Å². The molecular formula is C26H36FNO12. The van der Waals surface area contributed by atoms with Crippen molar-refractivity contribution in [3.05, 3.63) is 59.4 Å². The Bertz CT molecular complexity index is 1070. The summed E-state index contributed by atoms with van der Waals surface area (Å²) in [4.78, 5) is 21.7. The molecule has 40 heavy (non-hydrogen) atoms. The van der Waals surface area contributed by atoms with Crippen LogP contribution < -0.4 is 4.74 Å². The molecule has 2 aliphatic heterocycles. The third-order valence-corrected chi connectivity index (χ3v) is 6.37. The lowest BCUT2D eigenvalue weighted by Crippen LogP contribution is -2.52. The summed E-state index contributed by atoms with van der Waals surface area (Å²) in [6, 6.07) is 10.5. The highest BCUT2D eigenvalue weighted by Crippen LogP contribution is 2.39. The fourth-order valence-electron chi connectivity index (χ4n) is 4.22. The number of carboxylic acid groups (broad SMARTS) is 2. The van der Waals surface area contributed by atoms with E-state index in [4.69, 9.17) is 30.3 Å². The topological polar surface area (TPSA) is 240 Å². The molecule has 2 unspecified atom stereocenters. The molecule has 0 amide bonds. The molecule has 0 bridgehead atoms. The quantitative estimate of drug-likeness (QED) is 0.223. The molecule has 13 nitrogen and oxygen atoms in total. The SMILES string of the molecule is CCO.O.O=C(O)C(O)C(O)C(=O)O.Oc1ccc2c(c1)OC[C@@H](N1CCC(O)(c3ccc(F)cc3)CC1)[C@H]2O. The zero-order chi connectivity index (χ0) is 29.3. The summed E-state index contributed by atoms with van der Waals surface area (Å²) in [5.74, 6) is -3.24. The van der Waals surface area contributed by atoms with Crippen molar-refractivity contribution in [1.82, 2.24) is 4.90 Å². The zero-order valence-electron chi connectivity index (χ0n) is 21.7. The van der Waals surface area contributed by atoms with Crippen molar-refractivity contribution in [2.45, 2.75) is 49.7 Å². The number of phenols is 1. The van der Waals surface area contributed by atoms with Crippen LogP contribution in [0.4, 0.5) is 4.39 Å². The standard InChI is InChI=1S/C20H22FNO4.C4H6O6.C2H6O.H2O/c21-14-3-1-13(2-4-14)20(25)7-9-22(10-8-20)17-12-26-18-11-15(23)5-6-16(18)19(17)24;5-1(3(7)8)2(6)4(9)10;1-2-3;/h1-6,11,17,19,23-25H,7-10,12H2;1-2,5-6H,(H,7,8)(H,9,10);3H,2H2,1H3;1H2/t17-,19+;;;/m1.../s1. The van der Waals surface area contributed by atoms with Gasteiger partial charge in [0.2, 0.25) is 0 Å². The van der Waals surface area contributed by atoms with Crippen molar-refractivity contribution in [3.63, 3.8) is 0 Å². The maximum Gasteiger partial charge on any atom is 0.335 e. The summed E-state index contributed by atoms with van der Waals surface area (Å²) in [5.41, 5.74) is 0.409. The first-order valence-corrected chi connectivity index (χ1v) is 12.1. The minimum atomic E-state index is -2.27. The van der Waals surface area contributed by atoms with E-state index in [1.165, 1.54) is 24.3 Å². The Morgan fingerprint density at radius 3 is 2.02 bits per heavy atom. The number of fused-ring (bicyclic) bond motifs is 1. The van der Waals surface area contributed by atoms with Crippen molar-refractivity contribution in [2.24, 2.45) is 0 Å². The van der Waals surface area contributed by atoms with Gasteiger partial charge >= 0.3 is 11.9 Å². The molecular weight excluding hydrogens is 537 g/mol. The highest BCUT2D eigenvalue weighted by molar-refractivity contribution is 5.83. The first kappa shape index (κ1) is 34.7. The number of aliphatic carboxylic acids is 2. The number of rotatable bonds is 5. The highest BCUT2D eigenvalue weighted by Gasteiger charge is 2.40. The number of aliphatic hydroxyl groups is 5. The number of carbonyl (C=O) groups is 2. The van der Waals surface area contributed by atoms with Crippen LogP contribution in [-0.2, 0) is 15.2 Å². The van der Waals surface area contributed by atoms with Crippen molar-refractivity contribution < 1.29 is 65.0 Å². The third kappa shape index (κ3) is 8.82. The van der Waals surface area contributed by atoms with Crippen LogP contribution in [0.2, 0.25) is 0 Å². The largest absolute Gasteiger partial charge is 0.508 e. The Labute approximate surface area is 229 Å². The number of piperidine rings is 1. The van der Waals surface area contributed by atoms with E-state index in [0.717, 1.165) is 5.56 Å². The molecule has 0 aromatic heterocycles. The van der Waals surface area contributed by atoms with Crippen molar-refractivity contribution in [3.8, 4) is 11.5 Å². The Kier molecular flexibility index (Phi) is 13.4. The minimum absolute atomic E-state index is 0. The van der Waals surface area contributed by atoms with Gasteiger partial charge in [-0.1, -0.05) is 12.1 Å². The van der Waals surface area contributed by atoms with E-state index in [2.05, 4.69) is 4.90 Å². The van der Waals surface area contributed by atoms with Crippen LogP contribution in [0.25, 0.3) is 0 Å². The van der Waals surface area contributed by atoms with E-state index < -0.39 is 35.9 Å².